The smallest absolute Gasteiger partial charge is 1.00 e. The summed E-state index contributed by atoms with van der Waals surface area (Å²) in [6.45, 7) is 14.4. The van der Waals surface area contributed by atoms with Crippen molar-refractivity contribution in [2.45, 2.75) is 55.8 Å². The van der Waals surface area contributed by atoms with E-state index in [0.29, 0.717) is 0 Å². The predicted octanol–water partition coefficient (Wildman–Crippen LogP) is 0.713. The van der Waals surface area contributed by atoms with Crippen LogP contribution in [0.2, 0.25) is 14.3 Å². The first-order valence-corrected chi connectivity index (χ1v) is 7.96. The van der Waals surface area contributed by atoms with Crippen molar-refractivity contribution < 1.29 is 44.7 Å². The molecular weight excluding hydrogens is 461 g/mol. The van der Waals surface area contributed by atoms with Gasteiger partial charge in [-0.25, -0.2) is 0 Å². The molecule has 12 heavy (non-hydrogen) atoms. The molecule has 0 bridgehead atoms. The number of hydrogen-bond acceptors (Lipinski definition) is 0. The molecule has 0 amide bonds. The largest absolute Gasteiger partial charge is 1.00 e. The van der Waals surface area contributed by atoms with Gasteiger partial charge in [-0.05, 0) is 0 Å². The molecule has 0 heterocycles. The zero-order valence-corrected chi connectivity index (χ0v) is 18.5. The summed E-state index contributed by atoms with van der Waals surface area (Å²) in [7, 11) is 0. The van der Waals surface area contributed by atoms with Crippen LogP contribution in [0, 0.1) is 0 Å². The molecule has 0 fully saturated rings. The minimum atomic E-state index is -0.722. The van der Waals surface area contributed by atoms with Crippen LogP contribution >= 0.6 is 0 Å². The maximum atomic E-state index is 2.40. The van der Waals surface area contributed by atoms with Gasteiger partial charge < -0.3 is 17.0 Å². The first-order valence-electron chi connectivity index (χ1n) is 4.33. The monoisotopic (exact) mass is 484 g/mol. The zero-order chi connectivity index (χ0) is 8.31. The third kappa shape index (κ3) is 7.37. The summed E-state index contributed by atoms with van der Waals surface area (Å²) in [5.41, 5.74) is 0. The van der Waals surface area contributed by atoms with Crippen molar-refractivity contribution in [1.82, 2.24) is 0 Å². The van der Waals surface area contributed by atoms with E-state index in [9.17, 15) is 0 Å². The van der Waals surface area contributed by atoms with Crippen LogP contribution in [0.15, 0.2) is 0 Å². The van der Waals surface area contributed by atoms with E-state index in [4.69, 9.17) is 0 Å². The SMILES string of the molecule is C[CH](C)[Ge]([CH](C)C)[CH](C)C.[Br-].[Hg+]. The topological polar surface area (TPSA) is 0 Å². The standard InChI is InChI=1S/C9H21Ge.BrH.Hg/c1-7(2)10(8(3)4)9(5)6;;/h7-9H,1-6H3;1H;/q;;+1/p-1. The van der Waals surface area contributed by atoms with E-state index in [-0.39, 0.29) is 44.7 Å². The summed E-state index contributed by atoms with van der Waals surface area (Å²) in [6, 6.07) is 0. The van der Waals surface area contributed by atoms with E-state index in [2.05, 4.69) is 41.5 Å². The molecule has 0 aliphatic heterocycles. The van der Waals surface area contributed by atoms with E-state index in [1.807, 2.05) is 0 Å². The van der Waals surface area contributed by atoms with Crippen LogP contribution in [0.1, 0.15) is 41.5 Å². The fourth-order valence-corrected chi connectivity index (χ4v) is 10.4. The van der Waals surface area contributed by atoms with Crippen LogP contribution in [0.5, 0.6) is 0 Å². The third-order valence-electron chi connectivity index (χ3n) is 2.00. The molecule has 0 aromatic heterocycles. The molecule has 0 saturated heterocycles. The Hall–Kier alpha value is 1.96. The molecule has 0 aliphatic carbocycles. The second-order valence-corrected chi connectivity index (χ2v) is 13.3. The van der Waals surface area contributed by atoms with Crippen molar-refractivity contribution in [1.29, 1.82) is 0 Å². The predicted molar refractivity (Wildman–Crippen MR) is 51.0 cm³/mol. The molecule has 0 spiro atoms. The molecule has 0 nitrogen and oxygen atoms in total. The minimum absolute atomic E-state index is 0. The molecule has 0 unspecified atom stereocenters. The Balaban J connectivity index is -0.000000405. The molecule has 3 heteroatoms. The Labute approximate surface area is 114 Å². The van der Waals surface area contributed by atoms with E-state index < -0.39 is 14.3 Å². The molecule has 70 valence electrons. The molecule has 0 rings (SSSR count). The summed E-state index contributed by atoms with van der Waals surface area (Å²) in [6.07, 6.45) is 0. The van der Waals surface area contributed by atoms with Gasteiger partial charge in [0.15, 0.2) is 0 Å². The van der Waals surface area contributed by atoms with E-state index in [0.717, 1.165) is 14.3 Å². The fraction of sp³-hybridized carbons (Fsp3) is 1.00. The fourth-order valence-electron chi connectivity index (χ4n) is 2.00. The van der Waals surface area contributed by atoms with E-state index in [1.54, 1.807) is 0 Å². The average molecular weight is 482 g/mol. The number of hydrogen-bond donors (Lipinski definition) is 0. The normalized spacial score (nSPS) is 10.5. The molecule has 0 aromatic carbocycles. The van der Waals surface area contributed by atoms with Crippen LogP contribution in [-0.2, 0) is 27.7 Å². The Morgan fingerprint density at radius 2 is 0.833 bits per heavy atom. The van der Waals surface area contributed by atoms with Crippen molar-refractivity contribution in [3.63, 3.8) is 0 Å². The Morgan fingerprint density at radius 1 is 0.667 bits per heavy atom. The van der Waals surface area contributed by atoms with Gasteiger partial charge in [0.05, 0.1) is 0 Å². The van der Waals surface area contributed by atoms with Crippen LogP contribution in [0.3, 0.4) is 0 Å². The average Bonchev–Trinajstić information content (AvgIpc) is 1.59. The van der Waals surface area contributed by atoms with Gasteiger partial charge in [-0.2, -0.15) is 0 Å². The van der Waals surface area contributed by atoms with Gasteiger partial charge in [-0.15, -0.1) is 0 Å². The summed E-state index contributed by atoms with van der Waals surface area (Å²) < 4.78 is 3.00. The molecule has 2 radical (unpaired) electrons. The van der Waals surface area contributed by atoms with Crippen molar-refractivity contribution in [3.8, 4) is 0 Å². The van der Waals surface area contributed by atoms with Gasteiger partial charge >= 0.3 is 97.8 Å². The molecule has 0 saturated carbocycles. The maximum absolute atomic E-state index is 2.40. The quantitative estimate of drug-likeness (QED) is 0.521. The molecule has 0 atom stereocenters. The van der Waals surface area contributed by atoms with Crippen molar-refractivity contribution in [2.75, 3.05) is 0 Å². The molecule has 0 N–H and O–H groups in total. The van der Waals surface area contributed by atoms with E-state index in [1.165, 1.54) is 0 Å². The summed E-state index contributed by atoms with van der Waals surface area (Å²) >= 11 is -0.722. The molecule has 0 aliphatic rings. The Kier molecular flexibility index (Phi) is 15.5. The molecular formula is C9H21BrGeHg. The summed E-state index contributed by atoms with van der Waals surface area (Å²) in [5, 5.41) is 0. The number of rotatable bonds is 3. The van der Waals surface area contributed by atoms with Crippen LogP contribution in [0.25, 0.3) is 0 Å². The third-order valence-corrected chi connectivity index (χ3v) is 10.4. The Morgan fingerprint density at radius 3 is 0.833 bits per heavy atom. The van der Waals surface area contributed by atoms with Crippen molar-refractivity contribution in [3.05, 3.63) is 0 Å². The summed E-state index contributed by atoms with van der Waals surface area (Å²) in [4.78, 5) is 0. The van der Waals surface area contributed by atoms with Crippen molar-refractivity contribution >= 4 is 14.3 Å². The Bertz CT molecular complexity index is 75.5. The maximum Gasteiger partial charge on any atom is 1.00 e. The zero-order valence-electron chi connectivity index (χ0n) is 9.32. The van der Waals surface area contributed by atoms with Gasteiger partial charge in [0, 0.05) is 0 Å². The first-order chi connectivity index (χ1) is 4.46. The second kappa shape index (κ2) is 9.51. The van der Waals surface area contributed by atoms with Gasteiger partial charge in [0.2, 0.25) is 0 Å². The number of halogens is 1. The summed E-state index contributed by atoms with van der Waals surface area (Å²) in [5.74, 6) is 0. The van der Waals surface area contributed by atoms with Crippen LogP contribution in [0.4, 0.5) is 0 Å². The van der Waals surface area contributed by atoms with Gasteiger partial charge in [0.25, 0.3) is 0 Å². The van der Waals surface area contributed by atoms with Gasteiger partial charge in [-0.1, -0.05) is 0 Å². The first kappa shape index (κ1) is 19.5. The minimum Gasteiger partial charge on any atom is -1.00 e. The second-order valence-electron chi connectivity index (χ2n) is 3.96. The molecule has 0 aromatic rings. The van der Waals surface area contributed by atoms with Crippen molar-refractivity contribution in [2.24, 2.45) is 0 Å². The van der Waals surface area contributed by atoms with E-state index >= 15 is 0 Å². The van der Waals surface area contributed by atoms with Gasteiger partial charge in [0.1, 0.15) is 0 Å². The van der Waals surface area contributed by atoms with Crippen LogP contribution < -0.4 is 17.0 Å². The van der Waals surface area contributed by atoms with Crippen LogP contribution in [-0.4, -0.2) is 14.3 Å². The van der Waals surface area contributed by atoms with Gasteiger partial charge in [-0.3, -0.25) is 0 Å².